The summed E-state index contributed by atoms with van der Waals surface area (Å²) in [5.74, 6) is 0.0789. The lowest BCUT2D eigenvalue weighted by molar-refractivity contribution is -0.127. The van der Waals surface area contributed by atoms with Crippen LogP contribution in [0.4, 0.5) is 0 Å². The third-order valence-corrected chi connectivity index (χ3v) is 2.53. The standard InChI is InChI=1S/C11H17NO2S/c1-8-12-9(7-15-8)5-10(13)6-14-11(2,3)4/h7H,5-6H2,1-4H3. The van der Waals surface area contributed by atoms with Crippen LogP contribution >= 0.6 is 11.3 Å². The summed E-state index contributed by atoms with van der Waals surface area (Å²) in [5.41, 5.74) is 0.591. The van der Waals surface area contributed by atoms with Crippen LogP contribution in [0.1, 0.15) is 31.5 Å². The second-order valence-electron chi connectivity index (χ2n) is 4.47. The first-order chi connectivity index (χ1) is 6.87. The fourth-order valence-corrected chi connectivity index (χ4v) is 1.65. The van der Waals surface area contributed by atoms with E-state index >= 15 is 0 Å². The zero-order chi connectivity index (χ0) is 11.5. The summed E-state index contributed by atoms with van der Waals surface area (Å²) in [4.78, 5) is 15.7. The van der Waals surface area contributed by atoms with Gasteiger partial charge in [-0.1, -0.05) is 0 Å². The minimum atomic E-state index is -0.256. The highest BCUT2D eigenvalue weighted by atomic mass is 32.1. The Labute approximate surface area is 94.5 Å². The second-order valence-corrected chi connectivity index (χ2v) is 5.54. The minimum absolute atomic E-state index is 0.0789. The molecule has 0 aliphatic heterocycles. The van der Waals surface area contributed by atoms with Crippen LogP contribution in [-0.4, -0.2) is 23.0 Å². The third-order valence-electron chi connectivity index (χ3n) is 1.71. The monoisotopic (exact) mass is 227 g/mol. The molecular formula is C11H17NO2S. The highest BCUT2D eigenvalue weighted by Crippen LogP contribution is 2.10. The molecule has 0 aliphatic rings. The first-order valence-corrected chi connectivity index (χ1v) is 5.81. The number of ketones is 1. The van der Waals surface area contributed by atoms with Gasteiger partial charge < -0.3 is 4.74 Å². The van der Waals surface area contributed by atoms with Gasteiger partial charge in [-0.15, -0.1) is 11.3 Å². The number of thiazole rings is 1. The molecule has 0 spiro atoms. The van der Waals surface area contributed by atoms with Crippen LogP contribution < -0.4 is 0 Å². The molecule has 0 aromatic carbocycles. The second kappa shape index (κ2) is 4.86. The number of carbonyl (C=O) groups is 1. The van der Waals surface area contributed by atoms with E-state index in [9.17, 15) is 4.79 Å². The first kappa shape index (κ1) is 12.3. The molecule has 1 rings (SSSR count). The van der Waals surface area contributed by atoms with Crippen molar-refractivity contribution in [3.63, 3.8) is 0 Å². The Kier molecular flexibility index (Phi) is 3.99. The van der Waals surface area contributed by atoms with Gasteiger partial charge in [0.25, 0.3) is 0 Å². The van der Waals surface area contributed by atoms with Crippen molar-refractivity contribution >= 4 is 17.1 Å². The van der Waals surface area contributed by atoms with Crippen molar-refractivity contribution in [1.29, 1.82) is 0 Å². The molecular weight excluding hydrogens is 210 g/mol. The maximum atomic E-state index is 11.5. The Morgan fingerprint density at radius 2 is 2.20 bits per heavy atom. The molecule has 0 atom stereocenters. The van der Waals surface area contributed by atoms with Crippen LogP contribution in [-0.2, 0) is 16.0 Å². The molecule has 1 aromatic rings. The van der Waals surface area contributed by atoms with Crippen molar-refractivity contribution < 1.29 is 9.53 Å². The van der Waals surface area contributed by atoms with Crippen molar-refractivity contribution in [2.24, 2.45) is 0 Å². The van der Waals surface area contributed by atoms with E-state index in [-0.39, 0.29) is 18.0 Å². The zero-order valence-corrected chi connectivity index (χ0v) is 10.5. The van der Waals surface area contributed by atoms with Crippen LogP contribution in [0.5, 0.6) is 0 Å². The van der Waals surface area contributed by atoms with Crippen LogP contribution in [0.2, 0.25) is 0 Å². The number of aromatic nitrogens is 1. The number of nitrogens with zero attached hydrogens (tertiary/aromatic N) is 1. The molecule has 0 fully saturated rings. The van der Waals surface area contributed by atoms with E-state index in [1.54, 1.807) is 11.3 Å². The van der Waals surface area contributed by atoms with Gasteiger partial charge in [-0.05, 0) is 27.7 Å². The van der Waals surface area contributed by atoms with Gasteiger partial charge in [-0.25, -0.2) is 4.98 Å². The number of rotatable bonds is 4. The Morgan fingerprint density at radius 1 is 1.53 bits per heavy atom. The fourth-order valence-electron chi connectivity index (χ4n) is 1.04. The predicted molar refractivity (Wildman–Crippen MR) is 61.3 cm³/mol. The minimum Gasteiger partial charge on any atom is -0.368 e. The molecule has 0 amide bonds. The predicted octanol–water partition coefficient (Wildman–Crippen LogP) is 2.38. The van der Waals surface area contributed by atoms with E-state index in [1.165, 1.54) is 0 Å². The molecule has 0 radical (unpaired) electrons. The van der Waals surface area contributed by atoms with Crippen LogP contribution in [0.25, 0.3) is 0 Å². The Bertz CT molecular complexity index is 339. The summed E-state index contributed by atoms with van der Waals surface area (Å²) >= 11 is 1.57. The molecule has 1 aromatic heterocycles. The van der Waals surface area contributed by atoms with Crippen LogP contribution in [0.15, 0.2) is 5.38 Å². The van der Waals surface area contributed by atoms with E-state index in [1.807, 2.05) is 33.1 Å². The maximum absolute atomic E-state index is 11.5. The fraction of sp³-hybridized carbons (Fsp3) is 0.636. The summed E-state index contributed by atoms with van der Waals surface area (Å²) < 4.78 is 5.40. The van der Waals surface area contributed by atoms with E-state index < -0.39 is 0 Å². The van der Waals surface area contributed by atoms with E-state index in [4.69, 9.17) is 4.74 Å². The normalized spacial score (nSPS) is 11.7. The lowest BCUT2D eigenvalue weighted by Crippen LogP contribution is -2.24. The largest absolute Gasteiger partial charge is 0.368 e. The molecule has 0 N–H and O–H groups in total. The quantitative estimate of drug-likeness (QED) is 0.792. The zero-order valence-electron chi connectivity index (χ0n) is 9.66. The van der Waals surface area contributed by atoms with Crippen molar-refractivity contribution in [1.82, 2.24) is 4.98 Å². The molecule has 0 aliphatic carbocycles. The van der Waals surface area contributed by atoms with E-state index in [2.05, 4.69) is 4.98 Å². The molecule has 0 unspecified atom stereocenters. The Balaban J connectivity index is 2.37. The average molecular weight is 227 g/mol. The Morgan fingerprint density at radius 3 is 2.67 bits per heavy atom. The van der Waals surface area contributed by atoms with Crippen molar-refractivity contribution in [2.75, 3.05) is 6.61 Å². The van der Waals surface area contributed by atoms with Gasteiger partial charge in [0.1, 0.15) is 6.61 Å². The summed E-state index contributed by atoms with van der Waals surface area (Å²) in [5, 5.41) is 2.92. The van der Waals surface area contributed by atoms with Gasteiger partial charge in [0.2, 0.25) is 0 Å². The topological polar surface area (TPSA) is 39.2 Å². The van der Waals surface area contributed by atoms with Crippen molar-refractivity contribution in [3.8, 4) is 0 Å². The molecule has 0 saturated heterocycles. The Hall–Kier alpha value is -0.740. The maximum Gasteiger partial charge on any atom is 0.164 e. The summed E-state index contributed by atoms with van der Waals surface area (Å²) in [6, 6.07) is 0. The average Bonchev–Trinajstić information content (AvgIpc) is 2.47. The number of carbonyl (C=O) groups excluding carboxylic acids is 1. The number of Topliss-reactive ketones (excluding diaryl/α,β-unsaturated/α-hetero) is 1. The number of hydrogen-bond donors (Lipinski definition) is 0. The van der Waals surface area contributed by atoms with Gasteiger partial charge in [0.15, 0.2) is 5.78 Å². The van der Waals surface area contributed by atoms with Crippen LogP contribution in [0.3, 0.4) is 0 Å². The summed E-state index contributed by atoms with van der Waals surface area (Å²) in [6.07, 6.45) is 0.375. The van der Waals surface area contributed by atoms with Gasteiger partial charge in [-0.2, -0.15) is 0 Å². The number of ether oxygens (including phenoxy) is 1. The van der Waals surface area contributed by atoms with Crippen molar-refractivity contribution in [2.45, 2.75) is 39.7 Å². The smallest absolute Gasteiger partial charge is 0.164 e. The number of aryl methyl sites for hydroxylation is 1. The molecule has 0 bridgehead atoms. The summed E-state index contributed by atoms with van der Waals surface area (Å²) in [7, 11) is 0. The molecule has 0 saturated carbocycles. The SMILES string of the molecule is Cc1nc(CC(=O)COC(C)(C)C)cs1. The highest BCUT2D eigenvalue weighted by molar-refractivity contribution is 7.09. The van der Waals surface area contributed by atoms with Crippen molar-refractivity contribution in [3.05, 3.63) is 16.1 Å². The van der Waals surface area contributed by atoms with Gasteiger partial charge >= 0.3 is 0 Å². The molecule has 4 heteroatoms. The van der Waals surface area contributed by atoms with E-state index in [0.717, 1.165) is 10.7 Å². The lowest BCUT2D eigenvalue weighted by atomic mass is 10.2. The lowest BCUT2D eigenvalue weighted by Gasteiger charge is -2.18. The molecule has 84 valence electrons. The van der Waals surface area contributed by atoms with E-state index in [0.29, 0.717) is 6.42 Å². The van der Waals surface area contributed by atoms with Gasteiger partial charge in [0, 0.05) is 5.38 Å². The molecule has 1 heterocycles. The van der Waals surface area contributed by atoms with Gasteiger partial charge in [0.05, 0.1) is 22.7 Å². The van der Waals surface area contributed by atoms with Gasteiger partial charge in [-0.3, -0.25) is 4.79 Å². The molecule has 3 nitrogen and oxygen atoms in total. The highest BCUT2D eigenvalue weighted by Gasteiger charge is 2.13. The molecule has 15 heavy (non-hydrogen) atoms. The van der Waals surface area contributed by atoms with Crippen LogP contribution in [0, 0.1) is 6.92 Å². The summed E-state index contributed by atoms with van der Waals surface area (Å²) in [6.45, 7) is 7.91. The number of hydrogen-bond acceptors (Lipinski definition) is 4. The first-order valence-electron chi connectivity index (χ1n) is 4.93. The third kappa shape index (κ3) is 5.04.